The lowest BCUT2D eigenvalue weighted by atomic mass is 9.95. The Bertz CT molecular complexity index is 1630. The molecule has 2 fully saturated rings. The second-order valence-electron chi connectivity index (χ2n) is 10.4. The van der Waals surface area contributed by atoms with Gasteiger partial charge in [0.2, 0.25) is 0 Å². The number of carbonyl (C=O) groups excluding carboxylic acids is 3. The Morgan fingerprint density at radius 1 is 1.14 bits per heavy atom. The highest BCUT2D eigenvalue weighted by atomic mass is 32.1. The summed E-state index contributed by atoms with van der Waals surface area (Å²) in [4.78, 5) is 51.7. The summed E-state index contributed by atoms with van der Waals surface area (Å²) >= 11 is 1.35. The van der Waals surface area contributed by atoms with Crippen molar-refractivity contribution in [1.82, 2.24) is 20.1 Å². The summed E-state index contributed by atoms with van der Waals surface area (Å²) in [6.07, 6.45) is 1.63. The number of amides is 2. The van der Waals surface area contributed by atoms with Gasteiger partial charge in [-0.25, -0.2) is 23.4 Å². The minimum absolute atomic E-state index is 0.0895. The van der Waals surface area contributed by atoms with Crippen molar-refractivity contribution >= 4 is 41.3 Å². The molecule has 228 valence electrons. The standard InChI is InChI=1S/C30H28F2N6O5S/c1-42-29(40)25-24(34-27(28-33-8-11-44-28)35-26(25)19-4-7-22(31)23(32)12-19)15-36-9-10-37-21(13-36)14-38(30(37)41)20-5-2-18(3-6-20)16-43-17-39/h2-8,11-12,17,21,26H,9-10,13-16H2,1H3,(H,34,35)/t21-,26-/m0/s1. The average Bonchev–Trinajstić information content (AvgIpc) is 3.69. The number of methoxy groups -OCH3 is 1. The Labute approximate surface area is 255 Å². The number of nitrogens with zero attached hydrogens (tertiary/aromatic N) is 5. The highest BCUT2D eigenvalue weighted by Crippen LogP contribution is 2.34. The predicted molar refractivity (Wildman–Crippen MR) is 157 cm³/mol. The van der Waals surface area contributed by atoms with E-state index in [1.54, 1.807) is 16.5 Å². The molecule has 3 aliphatic heterocycles. The average molecular weight is 623 g/mol. The zero-order valence-corrected chi connectivity index (χ0v) is 24.4. The molecular weight excluding hydrogens is 594 g/mol. The minimum atomic E-state index is -1.05. The summed E-state index contributed by atoms with van der Waals surface area (Å²) in [5.74, 6) is -2.29. The fraction of sp³-hybridized carbons (Fsp3) is 0.300. The number of amidine groups is 1. The molecule has 2 aromatic carbocycles. The number of carbonyl (C=O) groups is 3. The topological polar surface area (TPSA) is 117 Å². The Morgan fingerprint density at radius 2 is 1.95 bits per heavy atom. The van der Waals surface area contributed by atoms with Crippen LogP contribution in [0.15, 0.2) is 70.3 Å². The van der Waals surface area contributed by atoms with Crippen molar-refractivity contribution in [3.63, 3.8) is 0 Å². The van der Waals surface area contributed by atoms with Gasteiger partial charge in [-0.05, 0) is 35.4 Å². The number of esters is 1. The second-order valence-corrected chi connectivity index (χ2v) is 11.3. The third kappa shape index (κ3) is 5.77. The second kappa shape index (κ2) is 12.5. The number of aromatic nitrogens is 1. The van der Waals surface area contributed by atoms with Gasteiger partial charge in [-0.2, -0.15) is 0 Å². The zero-order chi connectivity index (χ0) is 30.8. The SMILES string of the molecule is COC(=O)C1=C(CN2CCN3C(=O)N(c4ccc(COC=O)cc4)C[C@@H]3C2)NC(c2nccs2)=N[C@H]1c1ccc(F)c(F)c1. The zero-order valence-electron chi connectivity index (χ0n) is 23.6. The lowest BCUT2D eigenvalue weighted by Crippen LogP contribution is -2.53. The van der Waals surface area contributed by atoms with Crippen molar-refractivity contribution < 1.29 is 32.6 Å². The molecule has 3 aliphatic rings. The first kappa shape index (κ1) is 29.4. The summed E-state index contributed by atoms with van der Waals surface area (Å²) in [6, 6.07) is 9.58. The van der Waals surface area contributed by atoms with Crippen molar-refractivity contribution in [2.24, 2.45) is 4.99 Å². The van der Waals surface area contributed by atoms with Crippen LogP contribution in [0.3, 0.4) is 0 Å². The first-order valence-electron chi connectivity index (χ1n) is 13.8. The third-order valence-electron chi connectivity index (χ3n) is 7.81. The van der Waals surface area contributed by atoms with Crippen LogP contribution in [0.25, 0.3) is 0 Å². The van der Waals surface area contributed by atoms with Crippen LogP contribution < -0.4 is 10.2 Å². The van der Waals surface area contributed by atoms with Gasteiger partial charge in [0.25, 0.3) is 6.47 Å². The van der Waals surface area contributed by atoms with Crippen LogP contribution in [0.1, 0.15) is 22.2 Å². The number of piperazine rings is 1. The van der Waals surface area contributed by atoms with Gasteiger partial charge in [0.05, 0.1) is 18.7 Å². The van der Waals surface area contributed by atoms with E-state index in [0.29, 0.717) is 61.3 Å². The van der Waals surface area contributed by atoms with E-state index in [0.717, 1.165) is 23.4 Å². The number of hydrogen-bond donors (Lipinski definition) is 1. The molecule has 0 radical (unpaired) electrons. The van der Waals surface area contributed by atoms with Crippen LogP contribution in [0, 0.1) is 11.6 Å². The van der Waals surface area contributed by atoms with E-state index in [1.165, 1.54) is 24.5 Å². The van der Waals surface area contributed by atoms with E-state index >= 15 is 0 Å². The van der Waals surface area contributed by atoms with Gasteiger partial charge >= 0.3 is 12.0 Å². The lowest BCUT2D eigenvalue weighted by molar-refractivity contribution is -0.136. The van der Waals surface area contributed by atoms with Crippen molar-refractivity contribution in [1.29, 1.82) is 0 Å². The Morgan fingerprint density at radius 3 is 2.66 bits per heavy atom. The van der Waals surface area contributed by atoms with E-state index in [9.17, 15) is 23.2 Å². The summed E-state index contributed by atoms with van der Waals surface area (Å²) < 4.78 is 38.1. The molecule has 3 aromatic rings. The Balaban J connectivity index is 1.25. The number of aliphatic imine (C=N–C) groups is 1. The molecule has 4 heterocycles. The number of hydrogen-bond acceptors (Lipinski definition) is 10. The van der Waals surface area contributed by atoms with E-state index in [-0.39, 0.29) is 24.3 Å². The van der Waals surface area contributed by atoms with Gasteiger partial charge in [-0.1, -0.05) is 18.2 Å². The molecule has 0 saturated carbocycles. The summed E-state index contributed by atoms with van der Waals surface area (Å²) in [7, 11) is 1.26. The van der Waals surface area contributed by atoms with Crippen LogP contribution in [-0.2, 0) is 25.7 Å². The predicted octanol–water partition coefficient (Wildman–Crippen LogP) is 3.24. The molecule has 2 amide bonds. The number of urea groups is 1. The first-order valence-corrected chi connectivity index (χ1v) is 14.7. The summed E-state index contributed by atoms with van der Waals surface area (Å²) in [5, 5.41) is 5.63. The van der Waals surface area contributed by atoms with Gasteiger partial charge in [0, 0.05) is 55.7 Å². The highest BCUT2D eigenvalue weighted by molar-refractivity contribution is 7.11. The molecular formula is C30H28F2N6O5S. The Hall–Kier alpha value is -4.69. The van der Waals surface area contributed by atoms with Crippen LogP contribution in [-0.4, -0.2) is 85.0 Å². The number of ether oxygens (including phenoxy) is 2. The number of halogens is 2. The largest absolute Gasteiger partial charge is 0.466 e. The van der Waals surface area contributed by atoms with Gasteiger partial charge in [0.1, 0.15) is 12.6 Å². The van der Waals surface area contributed by atoms with Gasteiger partial charge < -0.3 is 19.7 Å². The number of benzene rings is 2. The van der Waals surface area contributed by atoms with Crippen molar-refractivity contribution in [2.45, 2.75) is 18.7 Å². The fourth-order valence-electron chi connectivity index (χ4n) is 5.70. The molecule has 1 N–H and O–H groups in total. The van der Waals surface area contributed by atoms with Crippen LogP contribution >= 0.6 is 11.3 Å². The molecule has 0 unspecified atom stereocenters. The van der Waals surface area contributed by atoms with Gasteiger partial charge in [-0.3, -0.25) is 19.6 Å². The number of thiazole rings is 1. The maximum atomic E-state index is 14.3. The quantitative estimate of drug-likeness (QED) is 0.286. The monoisotopic (exact) mass is 622 g/mol. The molecule has 14 heteroatoms. The van der Waals surface area contributed by atoms with Crippen LogP contribution in [0.5, 0.6) is 0 Å². The first-order chi connectivity index (χ1) is 21.4. The number of anilines is 1. The van der Waals surface area contributed by atoms with Crippen LogP contribution in [0.2, 0.25) is 0 Å². The van der Waals surface area contributed by atoms with Crippen molar-refractivity contribution in [2.75, 3.05) is 44.7 Å². The van der Waals surface area contributed by atoms with Crippen molar-refractivity contribution in [3.8, 4) is 0 Å². The highest BCUT2D eigenvalue weighted by Gasteiger charge is 2.42. The maximum Gasteiger partial charge on any atom is 0.338 e. The molecule has 0 spiro atoms. The molecule has 0 bridgehead atoms. The number of rotatable bonds is 9. The van der Waals surface area contributed by atoms with E-state index < -0.39 is 23.6 Å². The molecule has 1 aromatic heterocycles. The summed E-state index contributed by atoms with van der Waals surface area (Å²) in [5.41, 5.74) is 2.55. The molecule has 2 atom stereocenters. The molecule has 0 aliphatic carbocycles. The van der Waals surface area contributed by atoms with E-state index in [4.69, 9.17) is 14.5 Å². The van der Waals surface area contributed by atoms with E-state index in [2.05, 4.69) is 15.2 Å². The molecule has 6 rings (SSSR count). The third-order valence-corrected chi connectivity index (χ3v) is 8.59. The molecule has 2 saturated heterocycles. The van der Waals surface area contributed by atoms with Gasteiger partial charge in [0.15, 0.2) is 22.5 Å². The maximum absolute atomic E-state index is 14.3. The summed E-state index contributed by atoms with van der Waals surface area (Å²) in [6.45, 7) is 2.86. The fourth-order valence-corrected chi connectivity index (χ4v) is 6.29. The number of nitrogens with one attached hydrogen (secondary N) is 1. The molecule has 44 heavy (non-hydrogen) atoms. The van der Waals surface area contributed by atoms with Crippen LogP contribution in [0.4, 0.5) is 19.3 Å². The Kier molecular flexibility index (Phi) is 8.35. The van der Waals surface area contributed by atoms with E-state index in [1.807, 2.05) is 29.2 Å². The smallest absolute Gasteiger partial charge is 0.338 e. The minimum Gasteiger partial charge on any atom is -0.466 e. The van der Waals surface area contributed by atoms with Crippen molar-refractivity contribution in [3.05, 3.63) is 93.1 Å². The van der Waals surface area contributed by atoms with Gasteiger partial charge in [-0.15, -0.1) is 11.3 Å². The lowest BCUT2D eigenvalue weighted by Gasteiger charge is -2.38. The normalized spacial score (nSPS) is 20.2. The number of fused-ring (bicyclic) bond motifs is 1. The molecule has 11 nitrogen and oxygen atoms in total.